The number of aliphatic hydroxyl groups is 1. The van der Waals surface area contributed by atoms with Gasteiger partial charge in [0.25, 0.3) is 0 Å². The summed E-state index contributed by atoms with van der Waals surface area (Å²) < 4.78 is 10.7. The summed E-state index contributed by atoms with van der Waals surface area (Å²) in [5.74, 6) is 1.69. The highest BCUT2D eigenvalue weighted by molar-refractivity contribution is 7.98. The smallest absolute Gasteiger partial charge is 0.231 e. The monoisotopic (exact) mass is 380 g/mol. The lowest BCUT2D eigenvalue weighted by Gasteiger charge is -2.19. The van der Waals surface area contributed by atoms with Gasteiger partial charge in [-0.05, 0) is 36.1 Å². The second-order valence-electron chi connectivity index (χ2n) is 6.53. The van der Waals surface area contributed by atoms with Crippen LogP contribution in [0.5, 0.6) is 11.5 Å². The van der Waals surface area contributed by atoms with Crippen LogP contribution in [0.2, 0.25) is 0 Å². The molecule has 7 nitrogen and oxygen atoms in total. The quantitative estimate of drug-likeness (QED) is 0.699. The summed E-state index contributed by atoms with van der Waals surface area (Å²) in [6, 6.07) is 5.35. The molecule has 26 heavy (non-hydrogen) atoms. The van der Waals surface area contributed by atoms with Crippen LogP contribution in [0.4, 0.5) is 0 Å². The summed E-state index contributed by atoms with van der Waals surface area (Å²) in [6.45, 7) is 0.953. The Kier molecular flexibility index (Phi) is 6.26. The van der Waals surface area contributed by atoms with Crippen LogP contribution in [0, 0.1) is 5.92 Å². The molecule has 8 heteroatoms. The van der Waals surface area contributed by atoms with Crippen LogP contribution in [0.3, 0.4) is 0 Å². The summed E-state index contributed by atoms with van der Waals surface area (Å²) in [7, 11) is 0. The van der Waals surface area contributed by atoms with Crippen molar-refractivity contribution in [3.05, 3.63) is 23.8 Å². The van der Waals surface area contributed by atoms with Gasteiger partial charge in [-0.2, -0.15) is 11.8 Å². The number of hydrogen-bond acceptors (Lipinski definition) is 6. The Hall–Kier alpha value is -1.93. The van der Waals surface area contributed by atoms with E-state index in [0.717, 1.165) is 11.3 Å². The lowest BCUT2D eigenvalue weighted by molar-refractivity contribution is -0.129. The number of likely N-dealkylation sites (tertiary alicyclic amines) is 1. The third-order valence-electron chi connectivity index (χ3n) is 4.63. The van der Waals surface area contributed by atoms with E-state index in [9.17, 15) is 14.7 Å². The Labute approximate surface area is 157 Å². The highest BCUT2D eigenvalue weighted by Gasteiger charge is 2.35. The predicted molar refractivity (Wildman–Crippen MR) is 98.1 cm³/mol. The highest BCUT2D eigenvalue weighted by Crippen LogP contribution is 2.33. The first-order valence-corrected chi connectivity index (χ1v) is 10.1. The Balaban J connectivity index is 1.55. The number of aliphatic hydroxyl groups excluding tert-OH is 1. The van der Waals surface area contributed by atoms with E-state index in [2.05, 4.69) is 5.32 Å². The number of carbonyl (C=O) groups excluding carboxylic acids is 2. The average Bonchev–Trinajstić information content (AvgIpc) is 3.25. The van der Waals surface area contributed by atoms with Crippen molar-refractivity contribution < 1.29 is 24.2 Å². The van der Waals surface area contributed by atoms with E-state index in [0.29, 0.717) is 31.0 Å². The van der Waals surface area contributed by atoms with E-state index >= 15 is 0 Å². The molecule has 0 spiro atoms. The van der Waals surface area contributed by atoms with Gasteiger partial charge in [-0.1, -0.05) is 6.07 Å². The van der Waals surface area contributed by atoms with E-state index in [1.807, 2.05) is 24.5 Å². The molecule has 2 aliphatic rings. The van der Waals surface area contributed by atoms with Crippen LogP contribution >= 0.6 is 11.8 Å². The summed E-state index contributed by atoms with van der Waals surface area (Å²) in [5, 5.41) is 12.3. The molecule has 2 amide bonds. The topological polar surface area (TPSA) is 88.1 Å². The maximum absolute atomic E-state index is 12.4. The number of hydrogen-bond donors (Lipinski definition) is 2. The zero-order valence-electron chi connectivity index (χ0n) is 14.8. The number of thioether (sulfide) groups is 1. The molecule has 0 saturated carbocycles. The van der Waals surface area contributed by atoms with Gasteiger partial charge in [0.15, 0.2) is 11.5 Å². The van der Waals surface area contributed by atoms with Gasteiger partial charge in [0.1, 0.15) is 0 Å². The molecule has 1 fully saturated rings. The Morgan fingerprint density at radius 1 is 1.42 bits per heavy atom. The Morgan fingerprint density at radius 3 is 3.00 bits per heavy atom. The van der Waals surface area contributed by atoms with Crippen molar-refractivity contribution in [2.45, 2.75) is 25.4 Å². The minimum atomic E-state index is -0.375. The van der Waals surface area contributed by atoms with Gasteiger partial charge in [-0.25, -0.2) is 0 Å². The Morgan fingerprint density at radius 2 is 2.23 bits per heavy atom. The lowest BCUT2D eigenvalue weighted by atomic mass is 10.1. The van der Waals surface area contributed by atoms with Gasteiger partial charge in [0, 0.05) is 19.5 Å². The maximum Gasteiger partial charge on any atom is 0.231 e. The van der Waals surface area contributed by atoms with E-state index in [1.165, 1.54) is 0 Å². The number of rotatable bonds is 8. The molecule has 0 aliphatic carbocycles. The number of nitrogens with one attached hydrogen (secondary N) is 1. The van der Waals surface area contributed by atoms with Crippen LogP contribution < -0.4 is 14.8 Å². The van der Waals surface area contributed by atoms with Crippen molar-refractivity contribution in [3.63, 3.8) is 0 Å². The fraction of sp³-hybridized carbons (Fsp3) is 0.556. The van der Waals surface area contributed by atoms with E-state index in [-0.39, 0.29) is 43.6 Å². The normalized spacial score (nSPS) is 19.7. The van der Waals surface area contributed by atoms with Crippen molar-refractivity contribution in [1.82, 2.24) is 10.2 Å². The largest absolute Gasteiger partial charge is 0.454 e. The molecule has 1 aromatic rings. The molecule has 142 valence electrons. The Bertz CT molecular complexity index is 669. The number of amides is 2. The fourth-order valence-electron chi connectivity index (χ4n) is 3.15. The van der Waals surface area contributed by atoms with E-state index in [1.54, 1.807) is 16.7 Å². The highest BCUT2D eigenvalue weighted by atomic mass is 32.2. The van der Waals surface area contributed by atoms with Crippen molar-refractivity contribution in [2.24, 2.45) is 5.92 Å². The first kappa shape index (κ1) is 18.8. The number of benzene rings is 1. The molecule has 0 radical (unpaired) electrons. The summed E-state index contributed by atoms with van der Waals surface area (Å²) in [4.78, 5) is 26.4. The van der Waals surface area contributed by atoms with Crippen molar-refractivity contribution >= 4 is 23.6 Å². The molecule has 2 N–H and O–H groups in total. The van der Waals surface area contributed by atoms with Crippen molar-refractivity contribution in [2.75, 3.05) is 32.0 Å². The van der Waals surface area contributed by atoms with Gasteiger partial charge in [-0.3, -0.25) is 9.59 Å². The van der Waals surface area contributed by atoms with Crippen LogP contribution in [-0.2, 0) is 16.1 Å². The zero-order valence-corrected chi connectivity index (χ0v) is 15.6. The van der Waals surface area contributed by atoms with Crippen LogP contribution in [0.25, 0.3) is 0 Å². The van der Waals surface area contributed by atoms with Crippen molar-refractivity contribution in [3.8, 4) is 11.5 Å². The van der Waals surface area contributed by atoms with E-state index < -0.39 is 0 Å². The minimum absolute atomic E-state index is 0.0347. The van der Waals surface area contributed by atoms with E-state index in [4.69, 9.17) is 9.47 Å². The average molecular weight is 380 g/mol. The molecule has 2 heterocycles. The third kappa shape index (κ3) is 4.42. The van der Waals surface area contributed by atoms with Gasteiger partial charge in [-0.15, -0.1) is 0 Å². The molecular formula is C18H24N2O5S. The van der Waals surface area contributed by atoms with Crippen LogP contribution in [0.1, 0.15) is 18.4 Å². The molecule has 1 saturated heterocycles. The van der Waals surface area contributed by atoms with Crippen LogP contribution in [-0.4, -0.2) is 59.8 Å². The van der Waals surface area contributed by atoms with Crippen molar-refractivity contribution in [1.29, 1.82) is 0 Å². The SMILES string of the molecule is CSCC[C@H](CO)NC(=O)[C@@H]1CC(=O)N(Cc2ccc3c(c2)OCO3)C1. The zero-order chi connectivity index (χ0) is 18.5. The number of carbonyl (C=O) groups is 2. The summed E-state index contributed by atoms with van der Waals surface area (Å²) >= 11 is 1.67. The standard InChI is InChI=1S/C18H24N2O5S/c1-26-5-4-14(10-21)19-18(23)13-7-17(22)20(9-13)8-12-2-3-15-16(6-12)25-11-24-15/h2-3,6,13-14,21H,4-5,7-11H2,1H3,(H,19,23)/t13-,14-/m1/s1. The first-order valence-electron chi connectivity index (χ1n) is 8.67. The van der Waals surface area contributed by atoms with Gasteiger partial charge in [0.2, 0.25) is 18.6 Å². The number of nitrogens with zero attached hydrogens (tertiary/aromatic N) is 1. The third-order valence-corrected chi connectivity index (χ3v) is 5.28. The number of fused-ring (bicyclic) bond motifs is 1. The van der Waals surface area contributed by atoms with Gasteiger partial charge < -0.3 is 24.8 Å². The summed E-state index contributed by atoms with van der Waals surface area (Å²) in [6.07, 6.45) is 2.90. The van der Waals surface area contributed by atoms with Gasteiger partial charge >= 0.3 is 0 Å². The molecule has 0 aromatic heterocycles. The van der Waals surface area contributed by atoms with Gasteiger partial charge in [0.05, 0.1) is 18.6 Å². The molecule has 1 aromatic carbocycles. The molecule has 0 unspecified atom stereocenters. The fourth-order valence-corrected chi connectivity index (χ4v) is 3.67. The molecule has 0 bridgehead atoms. The second kappa shape index (κ2) is 8.64. The molecular weight excluding hydrogens is 356 g/mol. The second-order valence-corrected chi connectivity index (χ2v) is 7.52. The summed E-state index contributed by atoms with van der Waals surface area (Å²) in [5.41, 5.74) is 0.942. The number of ether oxygens (including phenoxy) is 2. The molecule has 2 aliphatic heterocycles. The minimum Gasteiger partial charge on any atom is -0.454 e. The predicted octanol–water partition coefficient (Wildman–Crippen LogP) is 0.994. The lowest BCUT2D eigenvalue weighted by Crippen LogP contribution is -2.42. The maximum atomic E-state index is 12.4. The molecule has 3 rings (SSSR count). The molecule has 2 atom stereocenters. The first-order chi connectivity index (χ1) is 12.6. The van der Waals surface area contributed by atoms with Crippen LogP contribution in [0.15, 0.2) is 18.2 Å².